The van der Waals surface area contributed by atoms with Gasteiger partial charge >= 0.3 is 6.03 Å². The molecule has 1 atom stereocenters. The molecule has 1 heterocycles. The molecule has 26 heavy (non-hydrogen) atoms. The van der Waals surface area contributed by atoms with Crippen molar-refractivity contribution in [3.63, 3.8) is 0 Å². The Balaban J connectivity index is 1.78. The van der Waals surface area contributed by atoms with Crippen molar-refractivity contribution in [1.82, 2.24) is 20.8 Å². The van der Waals surface area contributed by atoms with Crippen molar-refractivity contribution >= 4 is 23.7 Å². The van der Waals surface area contributed by atoms with Crippen LogP contribution < -0.4 is 15.4 Å². The van der Waals surface area contributed by atoms with Gasteiger partial charge in [0.25, 0.3) is 5.22 Å². The number of imide groups is 1. The summed E-state index contributed by atoms with van der Waals surface area (Å²) in [6, 6.07) is 7.05. The monoisotopic (exact) mass is 378 g/mol. The smallest absolute Gasteiger partial charge is 0.321 e. The van der Waals surface area contributed by atoms with Crippen LogP contribution in [0.2, 0.25) is 0 Å². The van der Waals surface area contributed by atoms with Gasteiger partial charge in [0.1, 0.15) is 5.75 Å². The first-order chi connectivity index (χ1) is 12.5. The lowest BCUT2D eigenvalue weighted by atomic mass is 10.1. The molecule has 9 heteroatoms. The highest BCUT2D eigenvalue weighted by Gasteiger charge is 2.13. The maximum atomic E-state index is 11.8. The van der Waals surface area contributed by atoms with Crippen LogP contribution in [0.25, 0.3) is 0 Å². The Bertz CT molecular complexity index is 733. The molecular weight excluding hydrogens is 356 g/mol. The van der Waals surface area contributed by atoms with E-state index in [4.69, 9.17) is 9.15 Å². The third kappa shape index (κ3) is 6.40. The predicted molar refractivity (Wildman–Crippen MR) is 97.2 cm³/mol. The van der Waals surface area contributed by atoms with Gasteiger partial charge in [0, 0.05) is 6.04 Å². The lowest BCUT2D eigenvalue weighted by Crippen LogP contribution is -2.43. The normalized spacial score (nSPS) is 11.7. The van der Waals surface area contributed by atoms with Gasteiger partial charge < -0.3 is 14.5 Å². The number of amides is 3. The molecule has 0 aliphatic heterocycles. The fourth-order valence-electron chi connectivity index (χ4n) is 1.94. The van der Waals surface area contributed by atoms with Gasteiger partial charge in [-0.3, -0.25) is 10.1 Å². The highest BCUT2D eigenvalue weighted by Crippen LogP contribution is 2.18. The van der Waals surface area contributed by atoms with Crippen LogP contribution in [0.5, 0.6) is 5.75 Å². The van der Waals surface area contributed by atoms with Crippen LogP contribution in [0.3, 0.4) is 0 Å². The summed E-state index contributed by atoms with van der Waals surface area (Å²) in [5, 5.41) is 13.1. The minimum absolute atomic E-state index is 0.00639. The quantitative estimate of drug-likeness (QED) is 0.679. The van der Waals surface area contributed by atoms with Crippen molar-refractivity contribution in [2.45, 2.75) is 38.0 Å². The molecule has 2 rings (SSSR count). The third-order valence-corrected chi connectivity index (χ3v) is 4.35. The van der Waals surface area contributed by atoms with Gasteiger partial charge in [0.05, 0.1) is 19.3 Å². The van der Waals surface area contributed by atoms with Crippen LogP contribution in [0, 0.1) is 0 Å². The van der Waals surface area contributed by atoms with Crippen LogP contribution in [0.15, 0.2) is 33.9 Å². The third-order valence-electron chi connectivity index (χ3n) is 3.53. The first-order valence-corrected chi connectivity index (χ1v) is 9.17. The number of carbonyl (C=O) groups is 2. The lowest BCUT2D eigenvalue weighted by molar-refractivity contribution is -0.117. The molecule has 2 aromatic rings. The van der Waals surface area contributed by atoms with E-state index in [0.29, 0.717) is 12.3 Å². The second-order valence-electron chi connectivity index (χ2n) is 5.61. The summed E-state index contributed by atoms with van der Waals surface area (Å²) >= 11 is 1.08. The highest BCUT2D eigenvalue weighted by atomic mass is 32.2. The molecule has 0 bridgehead atoms. The topological polar surface area (TPSA) is 106 Å². The van der Waals surface area contributed by atoms with Gasteiger partial charge in [0.2, 0.25) is 11.8 Å². The van der Waals surface area contributed by atoms with E-state index in [2.05, 4.69) is 20.8 Å². The maximum absolute atomic E-state index is 11.8. The summed E-state index contributed by atoms with van der Waals surface area (Å²) in [6.07, 6.45) is 1.27. The van der Waals surface area contributed by atoms with Crippen LogP contribution in [0.4, 0.5) is 4.79 Å². The molecule has 0 saturated carbocycles. The number of hydrogen-bond acceptors (Lipinski definition) is 7. The average molecular weight is 378 g/mol. The summed E-state index contributed by atoms with van der Waals surface area (Å²) < 4.78 is 10.6. The Hall–Kier alpha value is -2.55. The first kappa shape index (κ1) is 19.8. The fourth-order valence-corrected chi connectivity index (χ4v) is 2.52. The van der Waals surface area contributed by atoms with E-state index < -0.39 is 11.9 Å². The zero-order chi connectivity index (χ0) is 18.9. The Kier molecular flexibility index (Phi) is 7.46. The summed E-state index contributed by atoms with van der Waals surface area (Å²) in [4.78, 5) is 23.3. The molecule has 0 unspecified atom stereocenters. The molecule has 0 spiro atoms. The molecule has 1 aromatic heterocycles. The predicted octanol–water partition coefficient (Wildman–Crippen LogP) is 2.39. The minimum Gasteiger partial charge on any atom is -0.497 e. The van der Waals surface area contributed by atoms with Gasteiger partial charge in [-0.2, -0.15) is 0 Å². The SMILES string of the molecule is CC[C@H](C)NC(=O)NC(=O)CSc1nnc(Cc2ccc(OC)cc2)o1. The van der Waals surface area contributed by atoms with Crippen LogP contribution in [-0.4, -0.2) is 41.0 Å². The molecular formula is C17H22N4O4S. The Morgan fingerprint density at radius 3 is 2.65 bits per heavy atom. The standard InChI is InChI=1S/C17H22N4O4S/c1-4-11(2)18-16(23)19-14(22)10-26-17-21-20-15(25-17)9-12-5-7-13(24-3)8-6-12/h5-8,11H,4,9-10H2,1-3H3,(H2,18,19,22,23)/t11-/m0/s1. The number of thioether (sulfide) groups is 1. The number of ether oxygens (including phenoxy) is 1. The molecule has 2 N–H and O–H groups in total. The zero-order valence-corrected chi connectivity index (χ0v) is 15.8. The summed E-state index contributed by atoms with van der Waals surface area (Å²) in [5.74, 6) is 0.815. The number of benzene rings is 1. The second-order valence-corrected chi connectivity index (χ2v) is 6.53. The van der Waals surface area contributed by atoms with Crippen molar-refractivity contribution in [2.24, 2.45) is 0 Å². The number of nitrogens with zero attached hydrogens (tertiary/aromatic N) is 2. The first-order valence-electron chi connectivity index (χ1n) is 8.18. The van der Waals surface area contributed by atoms with Crippen LogP contribution in [0.1, 0.15) is 31.7 Å². The van der Waals surface area contributed by atoms with E-state index in [9.17, 15) is 9.59 Å². The fraction of sp³-hybridized carbons (Fsp3) is 0.412. The van der Waals surface area contributed by atoms with Crippen molar-refractivity contribution in [3.8, 4) is 5.75 Å². The van der Waals surface area contributed by atoms with Gasteiger partial charge in [-0.15, -0.1) is 10.2 Å². The highest BCUT2D eigenvalue weighted by molar-refractivity contribution is 7.99. The van der Waals surface area contributed by atoms with E-state index in [1.165, 1.54) is 0 Å². The second kappa shape index (κ2) is 9.81. The van der Waals surface area contributed by atoms with Crippen molar-refractivity contribution in [2.75, 3.05) is 12.9 Å². The molecule has 140 valence electrons. The van der Waals surface area contributed by atoms with Crippen LogP contribution >= 0.6 is 11.8 Å². The Morgan fingerprint density at radius 1 is 1.27 bits per heavy atom. The number of rotatable bonds is 8. The average Bonchev–Trinajstić information content (AvgIpc) is 3.07. The van der Waals surface area contributed by atoms with Crippen LogP contribution in [-0.2, 0) is 11.2 Å². The summed E-state index contributed by atoms with van der Waals surface area (Å²) in [6.45, 7) is 3.81. The van der Waals surface area contributed by atoms with E-state index in [1.807, 2.05) is 38.1 Å². The summed E-state index contributed by atoms with van der Waals surface area (Å²) in [5.41, 5.74) is 1.01. The van der Waals surface area contributed by atoms with E-state index in [1.54, 1.807) is 7.11 Å². The molecule has 3 amide bonds. The number of hydrogen-bond donors (Lipinski definition) is 2. The van der Waals surface area contributed by atoms with E-state index in [-0.39, 0.29) is 17.0 Å². The van der Waals surface area contributed by atoms with E-state index >= 15 is 0 Å². The molecule has 0 fully saturated rings. The van der Waals surface area contributed by atoms with Gasteiger partial charge in [-0.05, 0) is 31.0 Å². The minimum atomic E-state index is -0.504. The maximum Gasteiger partial charge on any atom is 0.321 e. The van der Waals surface area contributed by atoms with Crippen molar-refractivity contribution in [3.05, 3.63) is 35.7 Å². The Labute approximate surface area is 156 Å². The summed E-state index contributed by atoms with van der Waals surface area (Å²) in [7, 11) is 1.61. The number of methoxy groups -OCH3 is 1. The van der Waals surface area contributed by atoms with Gasteiger partial charge in [-0.1, -0.05) is 30.8 Å². The number of carbonyl (C=O) groups excluding carboxylic acids is 2. The molecule has 0 radical (unpaired) electrons. The number of nitrogens with one attached hydrogen (secondary N) is 2. The molecule has 0 aliphatic rings. The molecule has 0 aliphatic carbocycles. The number of urea groups is 1. The van der Waals surface area contributed by atoms with Crippen molar-refractivity contribution in [1.29, 1.82) is 0 Å². The zero-order valence-electron chi connectivity index (χ0n) is 14.9. The largest absolute Gasteiger partial charge is 0.497 e. The van der Waals surface area contributed by atoms with Gasteiger partial charge in [-0.25, -0.2) is 4.79 Å². The van der Waals surface area contributed by atoms with Crippen molar-refractivity contribution < 1.29 is 18.7 Å². The molecule has 8 nitrogen and oxygen atoms in total. The van der Waals surface area contributed by atoms with E-state index in [0.717, 1.165) is 29.5 Å². The molecule has 0 saturated heterocycles. The Morgan fingerprint density at radius 2 is 2.00 bits per heavy atom. The van der Waals surface area contributed by atoms with Gasteiger partial charge in [0.15, 0.2) is 0 Å². The molecule has 1 aromatic carbocycles. The lowest BCUT2D eigenvalue weighted by Gasteiger charge is -2.11. The number of aromatic nitrogens is 2.